The van der Waals surface area contributed by atoms with Gasteiger partial charge in [0.1, 0.15) is 5.82 Å². The van der Waals surface area contributed by atoms with E-state index in [0.717, 1.165) is 22.5 Å². The van der Waals surface area contributed by atoms with Crippen molar-refractivity contribution in [2.24, 2.45) is 0 Å². The molecule has 1 N–H and O–H groups in total. The number of rotatable bonds is 4. The van der Waals surface area contributed by atoms with Crippen molar-refractivity contribution < 1.29 is 4.39 Å². The van der Waals surface area contributed by atoms with Crippen molar-refractivity contribution in [2.75, 3.05) is 0 Å². The molecule has 0 unspecified atom stereocenters. The van der Waals surface area contributed by atoms with Gasteiger partial charge in [-0.05, 0) is 24.6 Å². The van der Waals surface area contributed by atoms with Crippen LogP contribution in [-0.2, 0) is 13.1 Å². The standard InChI is InChI=1S/C15H15FN4/c1-11-6-15-18-9-13(10-20(15)19-11)8-17-7-12-2-4-14(16)5-3-12/h2-6,9-10,17H,7-8H2,1H3. The molecule has 0 radical (unpaired) electrons. The lowest BCUT2D eigenvalue weighted by molar-refractivity contribution is 0.624. The second-order valence-corrected chi connectivity index (χ2v) is 4.78. The fourth-order valence-electron chi connectivity index (χ4n) is 2.08. The highest BCUT2D eigenvalue weighted by molar-refractivity contribution is 5.38. The monoisotopic (exact) mass is 270 g/mol. The maximum atomic E-state index is 12.8. The number of benzene rings is 1. The zero-order valence-electron chi connectivity index (χ0n) is 11.2. The maximum absolute atomic E-state index is 12.8. The van der Waals surface area contributed by atoms with Crippen LogP contribution in [-0.4, -0.2) is 14.6 Å². The van der Waals surface area contributed by atoms with E-state index in [-0.39, 0.29) is 5.82 Å². The van der Waals surface area contributed by atoms with E-state index < -0.39 is 0 Å². The third-order valence-electron chi connectivity index (χ3n) is 3.06. The van der Waals surface area contributed by atoms with Gasteiger partial charge in [-0.15, -0.1) is 0 Å². The van der Waals surface area contributed by atoms with Gasteiger partial charge < -0.3 is 5.32 Å². The molecule has 0 fully saturated rings. The predicted molar refractivity (Wildman–Crippen MR) is 74.7 cm³/mol. The van der Waals surface area contributed by atoms with Crippen LogP contribution in [0.25, 0.3) is 5.65 Å². The summed E-state index contributed by atoms with van der Waals surface area (Å²) in [5.41, 5.74) is 3.91. The Morgan fingerprint density at radius 2 is 1.90 bits per heavy atom. The molecule has 5 heteroatoms. The molecule has 2 aromatic heterocycles. The molecule has 0 bridgehead atoms. The number of hydrogen-bond donors (Lipinski definition) is 1. The summed E-state index contributed by atoms with van der Waals surface area (Å²) in [6, 6.07) is 8.44. The first-order chi connectivity index (χ1) is 9.70. The molecule has 0 aliphatic heterocycles. The number of fused-ring (bicyclic) bond motifs is 1. The lowest BCUT2D eigenvalue weighted by Crippen LogP contribution is -2.13. The first-order valence-electron chi connectivity index (χ1n) is 6.47. The van der Waals surface area contributed by atoms with Crippen LogP contribution in [0.2, 0.25) is 0 Å². The summed E-state index contributed by atoms with van der Waals surface area (Å²) in [4.78, 5) is 4.35. The quantitative estimate of drug-likeness (QED) is 0.792. The van der Waals surface area contributed by atoms with E-state index in [1.165, 1.54) is 12.1 Å². The average molecular weight is 270 g/mol. The molecule has 0 saturated heterocycles. The van der Waals surface area contributed by atoms with Gasteiger partial charge in [-0.1, -0.05) is 12.1 Å². The molecule has 0 amide bonds. The zero-order valence-corrected chi connectivity index (χ0v) is 11.2. The van der Waals surface area contributed by atoms with Gasteiger partial charge >= 0.3 is 0 Å². The highest BCUT2D eigenvalue weighted by Crippen LogP contribution is 2.06. The van der Waals surface area contributed by atoms with Crippen LogP contribution in [0.4, 0.5) is 4.39 Å². The lowest BCUT2D eigenvalue weighted by Gasteiger charge is -2.05. The van der Waals surface area contributed by atoms with Gasteiger partial charge in [0.15, 0.2) is 5.65 Å². The molecule has 0 aliphatic rings. The van der Waals surface area contributed by atoms with Crippen LogP contribution in [0.1, 0.15) is 16.8 Å². The number of nitrogens with one attached hydrogen (secondary N) is 1. The SMILES string of the molecule is Cc1cc2ncc(CNCc3ccc(F)cc3)cn2n1. The number of hydrogen-bond acceptors (Lipinski definition) is 3. The molecule has 3 rings (SSSR count). The number of aromatic nitrogens is 3. The third kappa shape index (κ3) is 2.83. The van der Waals surface area contributed by atoms with Gasteiger partial charge in [0.05, 0.1) is 5.69 Å². The normalized spacial score (nSPS) is 11.1. The van der Waals surface area contributed by atoms with Gasteiger partial charge in [0.2, 0.25) is 0 Å². The summed E-state index contributed by atoms with van der Waals surface area (Å²) in [5, 5.41) is 7.64. The molecule has 4 nitrogen and oxygen atoms in total. The highest BCUT2D eigenvalue weighted by Gasteiger charge is 2.01. The van der Waals surface area contributed by atoms with E-state index in [0.29, 0.717) is 13.1 Å². The van der Waals surface area contributed by atoms with Gasteiger partial charge in [-0.25, -0.2) is 13.9 Å². The Bertz CT molecular complexity index is 718. The van der Waals surface area contributed by atoms with Crippen LogP contribution in [0.3, 0.4) is 0 Å². The minimum absolute atomic E-state index is 0.211. The van der Waals surface area contributed by atoms with E-state index in [9.17, 15) is 4.39 Å². The summed E-state index contributed by atoms with van der Waals surface area (Å²) >= 11 is 0. The van der Waals surface area contributed by atoms with Crippen molar-refractivity contribution in [1.82, 2.24) is 19.9 Å². The molecule has 0 spiro atoms. The fraction of sp³-hybridized carbons (Fsp3) is 0.200. The van der Waals surface area contributed by atoms with Crippen molar-refractivity contribution in [3.8, 4) is 0 Å². The van der Waals surface area contributed by atoms with E-state index >= 15 is 0 Å². The first-order valence-corrected chi connectivity index (χ1v) is 6.47. The Morgan fingerprint density at radius 1 is 1.15 bits per heavy atom. The first kappa shape index (κ1) is 12.7. The Labute approximate surface area is 116 Å². The van der Waals surface area contributed by atoms with E-state index in [4.69, 9.17) is 0 Å². The summed E-state index contributed by atoms with van der Waals surface area (Å²) < 4.78 is 14.6. The molecular formula is C15H15FN4. The Hall–Kier alpha value is -2.27. The van der Waals surface area contributed by atoms with E-state index in [1.807, 2.05) is 25.4 Å². The average Bonchev–Trinajstić information content (AvgIpc) is 2.80. The largest absolute Gasteiger partial charge is 0.309 e. The van der Waals surface area contributed by atoms with Crippen molar-refractivity contribution in [3.63, 3.8) is 0 Å². The molecule has 0 saturated carbocycles. The van der Waals surface area contributed by atoms with E-state index in [1.54, 1.807) is 16.6 Å². The lowest BCUT2D eigenvalue weighted by atomic mass is 10.2. The molecule has 0 atom stereocenters. The van der Waals surface area contributed by atoms with Gasteiger partial charge in [0.25, 0.3) is 0 Å². The predicted octanol–water partition coefficient (Wildman–Crippen LogP) is 2.47. The minimum Gasteiger partial charge on any atom is -0.309 e. The van der Waals surface area contributed by atoms with Crippen LogP contribution in [0, 0.1) is 12.7 Å². The summed E-state index contributed by atoms with van der Waals surface area (Å²) in [6.45, 7) is 3.33. The molecule has 20 heavy (non-hydrogen) atoms. The van der Waals surface area contributed by atoms with Gasteiger partial charge in [-0.2, -0.15) is 5.10 Å². The fourth-order valence-corrected chi connectivity index (χ4v) is 2.08. The Kier molecular flexibility index (Phi) is 3.43. The summed E-state index contributed by atoms with van der Waals surface area (Å²) in [7, 11) is 0. The van der Waals surface area contributed by atoms with Crippen LogP contribution in [0.15, 0.2) is 42.7 Å². The maximum Gasteiger partial charge on any atom is 0.155 e. The van der Waals surface area contributed by atoms with Crippen molar-refractivity contribution in [3.05, 3.63) is 65.4 Å². The van der Waals surface area contributed by atoms with Gasteiger partial charge in [0, 0.05) is 37.1 Å². The number of aryl methyl sites for hydroxylation is 1. The van der Waals surface area contributed by atoms with Crippen molar-refractivity contribution in [2.45, 2.75) is 20.0 Å². The molecule has 1 aromatic carbocycles. The van der Waals surface area contributed by atoms with Crippen LogP contribution in [0.5, 0.6) is 0 Å². The second kappa shape index (κ2) is 5.38. The third-order valence-corrected chi connectivity index (χ3v) is 3.06. The molecule has 0 aliphatic carbocycles. The Balaban J connectivity index is 1.63. The zero-order chi connectivity index (χ0) is 13.9. The van der Waals surface area contributed by atoms with Crippen LogP contribution >= 0.6 is 0 Å². The second-order valence-electron chi connectivity index (χ2n) is 4.78. The van der Waals surface area contributed by atoms with E-state index in [2.05, 4.69) is 15.4 Å². The molecule has 102 valence electrons. The molecular weight excluding hydrogens is 255 g/mol. The molecule has 3 aromatic rings. The number of nitrogens with zero attached hydrogens (tertiary/aromatic N) is 3. The van der Waals surface area contributed by atoms with Gasteiger partial charge in [-0.3, -0.25) is 0 Å². The topological polar surface area (TPSA) is 42.2 Å². The van der Waals surface area contributed by atoms with Crippen molar-refractivity contribution >= 4 is 5.65 Å². The summed E-state index contributed by atoms with van der Waals surface area (Å²) in [6.07, 6.45) is 3.81. The van der Waals surface area contributed by atoms with Crippen molar-refractivity contribution in [1.29, 1.82) is 0 Å². The summed E-state index contributed by atoms with van der Waals surface area (Å²) in [5.74, 6) is -0.211. The highest BCUT2D eigenvalue weighted by atomic mass is 19.1. The molecule has 2 heterocycles. The number of halogens is 1. The minimum atomic E-state index is -0.211. The Morgan fingerprint density at radius 3 is 2.70 bits per heavy atom. The van der Waals surface area contributed by atoms with Crippen LogP contribution < -0.4 is 5.32 Å². The smallest absolute Gasteiger partial charge is 0.155 e.